The van der Waals surface area contributed by atoms with E-state index in [-0.39, 0.29) is 23.3 Å². The van der Waals surface area contributed by atoms with Crippen molar-refractivity contribution in [3.05, 3.63) is 34.6 Å². The first kappa shape index (κ1) is 24.6. The smallest absolute Gasteiger partial charge is 0.481 e. The van der Waals surface area contributed by atoms with Gasteiger partial charge in [-0.25, -0.2) is 5.53 Å². The lowest BCUT2D eigenvalue weighted by Crippen LogP contribution is -2.45. The number of hydrogen-bond donors (Lipinski definition) is 4. The lowest BCUT2D eigenvalue weighted by Gasteiger charge is -2.18. The van der Waals surface area contributed by atoms with E-state index in [1.165, 1.54) is 32.3 Å². The molecule has 2 aromatic rings. The van der Waals surface area contributed by atoms with Crippen LogP contribution in [0.2, 0.25) is 5.02 Å². The molecule has 0 atom stereocenters. The first-order valence-corrected chi connectivity index (χ1v) is 9.40. The third kappa shape index (κ3) is 5.65. The maximum Gasteiger partial charge on any atom is 0.573 e. The summed E-state index contributed by atoms with van der Waals surface area (Å²) < 4.78 is 52.6. The summed E-state index contributed by atoms with van der Waals surface area (Å²) in [6.45, 7) is 0. The Labute approximate surface area is 194 Å². The van der Waals surface area contributed by atoms with Crippen LogP contribution >= 0.6 is 11.6 Å². The van der Waals surface area contributed by atoms with E-state index in [0.717, 1.165) is 12.1 Å². The van der Waals surface area contributed by atoms with E-state index in [2.05, 4.69) is 41.5 Å². The van der Waals surface area contributed by atoms with Crippen molar-refractivity contribution in [2.24, 2.45) is 5.10 Å². The van der Waals surface area contributed by atoms with Crippen LogP contribution in [0.3, 0.4) is 0 Å². The molecule has 4 N–H and O–H groups in total. The van der Waals surface area contributed by atoms with Crippen LogP contribution in [0.25, 0.3) is 0 Å². The Morgan fingerprint density at radius 1 is 1.09 bits per heavy atom. The molecule has 0 bridgehead atoms. The molecule has 0 spiro atoms. The number of hydrazone groups is 1. The zero-order valence-corrected chi connectivity index (χ0v) is 18.3. The number of carbonyl (C=O) groups is 2. The molecule has 3 rings (SSSR count). The minimum Gasteiger partial charge on any atom is -0.481 e. The normalized spacial score (nSPS) is 13.0. The number of aromatic nitrogens is 2. The summed E-state index contributed by atoms with van der Waals surface area (Å²) in [6, 6.07) is 3.07. The van der Waals surface area contributed by atoms with E-state index < -0.39 is 40.5 Å². The summed E-state index contributed by atoms with van der Waals surface area (Å²) >= 11 is 6.21. The van der Waals surface area contributed by atoms with Crippen LogP contribution in [-0.4, -0.2) is 60.4 Å². The van der Waals surface area contributed by atoms with Gasteiger partial charge in [-0.2, -0.15) is 9.97 Å². The molecule has 17 heteroatoms. The van der Waals surface area contributed by atoms with Crippen molar-refractivity contribution < 1.29 is 37.0 Å². The van der Waals surface area contributed by atoms with E-state index >= 15 is 0 Å². The minimum atomic E-state index is -5.12. The minimum absolute atomic E-state index is 0.0409. The molecule has 1 aliphatic heterocycles. The molecule has 0 radical (unpaired) electrons. The highest BCUT2D eigenvalue weighted by Gasteiger charge is 2.34. The number of amides is 2. The van der Waals surface area contributed by atoms with Crippen molar-refractivity contribution in [3.8, 4) is 17.5 Å². The summed E-state index contributed by atoms with van der Waals surface area (Å²) in [5.74, 6) is -3.38. The summed E-state index contributed by atoms with van der Waals surface area (Å²) in [5.41, 5.74) is 3.98. The fourth-order valence-corrected chi connectivity index (χ4v) is 2.79. The summed E-state index contributed by atoms with van der Waals surface area (Å²) in [5, 5.41) is 9.03. The second-order valence-electron chi connectivity index (χ2n) is 6.25. The largest absolute Gasteiger partial charge is 0.573 e. The van der Waals surface area contributed by atoms with Gasteiger partial charge >= 0.3 is 6.36 Å². The summed E-state index contributed by atoms with van der Waals surface area (Å²) in [6.07, 6.45) is -5.12. The topological polar surface area (TPSA) is 151 Å². The van der Waals surface area contributed by atoms with Crippen LogP contribution in [0, 0.1) is 0 Å². The molecular weight excluding hydrogens is 489 g/mol. The monoisotopic (exact) mass is 504 g/mol. The van der Waals surface area contributed by atoms with Gasteiger partial charge in [-0.15, -0.1) is 23.8 Å². The Hall–Kier alpha value is -4.05. The standard InChI is InChI=1S/C17H16ClF3N8O5/c1-29-16(26-27-28-29)25-14(30)7-4-5-8(34-17(19,20)21)12(11(7)18)24-15(31)13-22-9(32-2)6-10(23-13)33-3/h4-6,27-28H,1-3H3,(H,24,31)(H,25,26,30). The average Bonchev–Trinajstić information content (AvgIpc) is 3.18. The third-order valence-electron chi connectivity index (χ3n) is 4.04. The lowest BCUT2D eigenvalue weighted by atomic mass is 10.1. The zero-order chi connectivity index (χ0) is 25.0. The van der Waals surface area contributed by atoms with Crippen molar-refractivity contribution in [1.29, 1.82) is 0 Å². The quantitative estimate of drug-likeness (QED) is 0.452. The number of halogens is 4. The summed E-state index contributed by atoms with van der Waals surface area (Å²) in [7, 11) is 4.07. The first-order valence-electron chi connectivity index (χ1n) is 9.02. The predicted octanol–water partition coefficient (Wildman–Crippen LogP) is 1.25. The van der Waals surface area contributed by atoms with E-state index in [1.54, 1.807) is 0 Å². The molecule has 182 valence electrons. The molecule has 0 fully saturated rings. The van der Waals surface area contributed by atoms with E-state index in [4.69, 9.17) is 21.1 Å². The zero-order valence-electron chi connectivity index (χ0n) is 17.6. The van der Waals surface area contributed by atoms with E-state index in [1.807, 2.05) is 0 Å². The number of hydrazine groups is 2. The van der Waals surface area contributed by atoms with E-state index in [9.17, 15) is 22.8 Å². The predicted molar refractivity (Wildman–Crippen MR) is 110 cm³/mol. The number of nitrogens with one attached hydrogen (secondary N) is 4. The van der Waals surface area contributed by atoms with Crippen LogP contribution in [0.1, 0.15) is 21.0 Å². The van der Waals surface area contributed by atoms with Gasteiger partial charge in [0.1, 0.15) is 5.69 Å². The highest BCUT2D eigenvalue weighted by Crippen LogP contribution is 2.38. The van der Waals surface area contributed by atoms with Gasteiger partial charge in [0.15, 0.2) is 5.75 Å². The lowest BCUT2D eigenvalue weighted by molar-refractivity contribution is -0.274. The Morgan fingerprint density at radius 3 is 2.26 bits per heavy atom. The Morgan fingerprint density at radius 2 is 1.74 bits per heavy atom. The van der Waals surface area contributed by atoms with Crippen molar-refractivity contribution >= 4 is 35.1 Å². The van der Waals surface area contributed by atoms with Crippen molar-refractivity contribution in [1.82, 2.24) is 31.4 Å². The maximum absolute atomic E-state index is 12.9. The molecule has 1 aromatic heterocycles. The van der Waals surface area contributed by atoms with Crippen LogP contribution in [0.15, 0.2) is 23.3 Å². The van der Waals surface area contributed by atoms with E-state index in [0.29, 0.717) is 0 Å². The Balaban J connectivity index is 1.98. The van der Waals surface area contributed by atoms with Gasteiger partial charge in [-0.3, -0.25) is 19.9 Å². The molecule has 0 aliphatic carbocycles. The Kier molecular flexibility index (Phi) is 7.11. The summed E-state index contributed by atoms with van der Waals surface area (Å²) in [4.78, 5) is 33.0. The molecule has 2 heterocycles. The van der Waals surface area contributed by atoms with Crippen LogP contribution in [-0.2, 0) is 0 Å². The van der Waals surface area contributed by atoms with Crippen LogP contribution in [0.4, 0.5) is 18.9 Å². The molecule has 0 saturated heterocycles. The third-order valence-corrected chi connectivity index (χ3v) is 4.43. The number of methoxy groups -OCH3 is 2. The number of benzene rings is 1. The number of alkyl halides is 3. The number of guanidine groups is 1. The van der Waals surface area contributed by atoms with Gasteiger partial charge in [-0.05, 0) is 12.1 Å². The second-order valence-corrected chi connectivity index (χ2v) is 6.63. The number of nitrogens with zero attached hydrogens (tertiary/aromatic N) is 4. The van der Waals surface area contributed by atoms with Gasteiger partial charge in [0.25, 0.3) is 11.8 Å². The highest BCUT2D eigenvalue weighted by atomic mass is 35.5. The van der Waals surface area contributed by atoms with Gasteiger partial charge < -0.3 is 19.5 Å². The molecule has 2 amide bonds. The number of carbonyl (C=O) groups excluding carboxylic acids is 2. The Bertz CT molecular complexity index is 1120. The maximum atomic E-state index is 12.9. The second kappa shape index (κ2) is 9.84. The highest BCUT2D eigenvalue weighted by molar-refractivity contribution is 6.37. The van der Waals surface area contributed by atoms with Crippen molar-refractivity contribution in [2.45, 2.75) is 6.36 Å². The van der Waals surface area contributed by atoms with Crippen molar-refractivity contribution in [2.75, 3.05) is 26.6 Å². The first-order chi connectivity index (χ1) is 16.0. The van der Waals surface area contributed by atoms with Crippen LogP contribution in [0.5, 0.6) is 17.5 Å². The van der Waals surface area contributed by atoms with Crippen LogP contribution < -0.4 is 35.9 Å². The van der Waals surface area contributed by atoms with Gasteiger partial charge in [0.05, 0.1) is 30.9 Å². The van der Waals surface area contributed by atoms with Gasteiger partial charge in [0.2, 0.25) is 23.5 Å². The number of anilines is 1. The fraction of sp³-hybridized carbons (Fsp3) is 0.235. The SMILES string of the molecule is COc1cc(OC)nc(C(=O)Nc2c(OC(F)(F)F)ccc(C(=O)NC3=NNNN3C)c2Cl)n1. The van der Waals surface area contributed by atoms with Gasteiger partial charge in [0, 0.05) is 7.05 Å². The number of rotatable bonds is 6. The van der Waals surface area contributed by atoms with Crippen molar-refractivity contribution in [3.63, 3.8) is 0 Å². The molecule has 0 saturated carbocycles. The number of hydrogen-bond acceptors (Lipinski definition) is 11. The van der Waals surface area contributed by atoms with Gasteiger partial charge in [-0.1, -0.05) is 11.6 Å². The average molecular weight is 505 g/mol. The molecule has 13 nitrogen and oxygen atoms in total. The molecule has 0 unspecified atom stereocenters. The molecule has 1 aromatic carbocycles. The fourth-order valence-electron chi connectivity index (χ4n) is 2.51. The molecule has 34 heavy (non-hydrogen) atoms. The molecular formula is C17H16ClF3N8O5. The molecule has 1 aliphatic rings. The number of ether oxygens (including phenoxy) is 3.